The third-order valence-electron chi connectivity index (χ3n) is 2.16. The number of halogens is 1. The predicted octanol–water partition coefficient (Wildman–Crippen LogP) is 3.93. The van der Waals surface area contributed by atoms with Gasteiger partial charge in [-0.2, -0.15) is 0 Å². The molecule has 14 heavy (non-hydrogen) atoms. The van der Waals surface area contributed by atoms with Gasteiger partial charge in [0.1, 0.15) is 0 Å². The van der Waals surface area contributed by atoms with Gasteiger partial charge in [0.25, 0.3) is 0 Å². The molecule has 1 aromatic carbocycles. The van der Waals surface area contributed by atoms with Gasteiger partial charge in [-0.05, 0) is 30.0 Å². The molecule has 0 aliphatic carbocycles. The van der Waals surface area contributed by atoms with Crippen LogP contribution in [0.15, 0.2) is 18.2 Å². The Kier molecular flexibility index (Phi) is 2.57. The number of fused-ring (bicyclic) bond motifs is 1. The molecule has 2 aromatic rings. The van der Waals surface area contributed by atoms with Crippen molar-refractivity contribution in [3.8, 4) is 0 Å². The summed E-state index contributed by atoms with van der Waals surface area (Å²) in [5.74, 6) is 0. The molecule has 0 aliphatic rings. The van der Waals surface area contributed by atoms with Crippen LogP contribution < -0.4 is 0 Å². The van der Waals surface area contributed by atoms with Crippen LogP contribution in [0.25, 0.3) is 10.1 Å². The molecule has 1 heterocycles. The van der Waals surface area contributed by atoms with Gasteiger partial charge in [0, 0.05) is 15.1 Å². The number of rotatable bonds is 2. The number of carbonyl (C=O) groups excluding carboxylic acids is 1. The topological polar surface area (TPSA) is 17.1 Å². The molecular weight excluding hydrogens is 216 g/mol. The molecule has 1 nitrogen and oxygen atoms in total. The van der Waals surface area contributed by atoms with Crippen molar-refractivity contribution >= 4 is 39.3 Å². The molecular formula is C11H9ClOS. The van der Waals surface area contributed by atoms with Crippen molar-refractivity contribution in [3.63, 3.8) is 0 Å². The summed E-state index contributed by atoms with van der Waals surface area (Å²) < 4.78 is 1.13. The molecule has 2 rings (SSSR count). The Morgan fingerprint density at radius 3 is 2.86 bits per heavy atom. The van der Waals surface area contributed by atoms with E-state index < -0.39 is 0 Å². The summed E-state index contributed by atoms with van der Waals surface area (Å²) >= 11 is 7.65. The molecule has 3 heteroatoms. The van der Waals surface area contributed by atoms with E-state index >= 15 is 0 Å². The van der Waals surface area contributed by atoms with Gasteiger partial charge in [-0.3, -0.25) is 4.79 Å². The number of hydrogen-bond donors (Lipinski definition) is 0. The Morgan fingerprint density at radius 1 is 1.43 bits per heavy atom. The number of aryl methyl sites for hydroxylation is 1. The smallest absolute Gasteiger partial charge is 0.151 e. The van der Waals surface area contributed by atoms with Gasteiger partial charge in [-0.15, -0.1) is 11.3 Å². The molecule has 0 amide bonds. The van der Waals surface area contributed by atoms with Crippen LogP contribution in [0.2, 0.25) is 5.02 Å². The summed E-state index contributed by atoms with van der Waals surface area (Å²) in [6.45, 7) is 2.12. The van der Waals surface area contributed by atoms with Gasteiger partial charge in [0.15, 0.2) is 6.29 Å². The lowest BCUT2D eigenvalue weighted by atomic mass is 10.2. The van der Waals surface area contributed by atoms with E-state index in [2.05, 4.69) is 13.0 Å². The Labute approximate surface area is 91.3 Å². The lowest BCUT2D eigenvalue weighted by molar-refractivity contribution is 0.112. The summed E-state index contributed by atoms with van der Waals surface area (Å²) in [4.78, 5) is 12.0. The lowest BCUT2D eigenvalue weighted by Gasteiger charge is -1.95. The first-order chi connectivity index (χ1) is 6.74. The number of carbonyl (C=O) groups is 1. The summed E-state index contributed by atoms with van der Waals surface area (Å²) in [5.41, 5.74) is 0.573. The molecule has 0 atom stereocenters. The lowest BCUT2D eigenvalue weighted by Crippen LogP contribution is -1.79. The highest BCUT2D eigenvalue weighted by Gasteiger charge is 2.05. The molecule has 0 saturated carbocycles. The van der Waals surface area contributed by atoms with Crippen molar-refractivity contribution < 1.29 is 4.79 Å². The summed E-state index contributed by atoms with van der Waals surface area (Å²) in [7, 11) is 0. The van der Waals surface area contributed by atoms with Crippen molar-refractivity contribution in [1.29, 1.82) is 0 Å². The second kappa shape index (κ2) is 3.71. The van der Waals surface area contributed by atoms with Crippen molar-refractivity contribution in [3.05, 3.63) is 33.7 Å². The van der Waals surface area contributed by atoms with Gasteiger partial charge in [-0.25, -0.2) is 0 Å². The van der Waals surface area contributed by atoms with Crippen LogP contribution in [0.5, 0.6) is 0 Å². The van der Waals surface area contributed by atoms with Crippen LogP contribution >= 0.6 is 22.9 Å². The van der Waals surface area contributed by atoms with Crippen LogP contribution in [0, 0.1) is 0 Å². The number of benzene rings is 1. The number of thiophene rings is 1. The largest absolute Gasteiger partial charge is 0.298 e. The SMILES string of the molecule is CCc1cc2cc(Cl)c(C=O)cc2s1. The number of hydrogen-bond acceptors (Lipinski definition) is 2. The molecule has 0 fully saturated rings. The average molecular weight is 225 g/mol. The van der Waals surface area contributed by atoms with Gasteiger partial charge in [-0.1, -0.05) is 18.5 Å². The quantitative estimate of drug-likeness (QED) is 0.707. The van der Waals surface area contributed by atoms with Gasteiger partial charge >= 0.3 is 0 Å². The van der Waals surface area contributed by atoms with E-state index in [1.165, 1.54) is 4.88 Å². The summed E-state index contributed by atoms with van der Waals surface area (Å²) in [6, 6.07) is 5.84. The van der Waals surface area contributed by atoms with Crippen LogP contribution in [-0.2, 0) is 6.42 Å². The standard InChI is InChI=1S/C11H9ClOS/c1-2-9-3-7-4-10(12)8(6-13)5-11(7)14-9/h3-6H,2H2,1H3. The molecule has 0 saturated heterocycles. The Morgan fingerprint density at radius 2 is 2.21 bits per heavy atom. The first kappa shape index (κ1) is 9.69. The van der Waals surface area contributed by atoms with E-state index in [-0.39, 0.29) is 0 Å². The van der Waals surface area contributed by atoms with Crippen molar-refractivity contribution in [2.75, 3.05) is 0 Å². The first-order valence-corrected chi connectivity index (χ1v) is 5.61. The average Bonchev–Trinajstić information content (AvgIpc) is 2.58. The minimum absolute atomic E-state index is 0.535. The van der Waals surface area contributed by atoms with Gasteiger partial charge in [0.2, 0.25) is 0 Å². The summed E-state index contributed by atoms with van der Waals surface area (Å²) in [6.07, 6.45) is 1.82. The van der Waals surface area contributed by atoms with Crippen LogP contribution in [0.3, 0.4) is 0 Å². The molecule has 0 aliphatic heterocycles. The van der Waals surface area contributed by atoms with E-state index in [0.29, 0.717) is 10.6 Å². The van der Waals surface area contributed by atoms with E-state index in [4.69, 9.17) is 11.6 Å². The molecule has 0 radical (unpaired) electrons. The normalized spacial score (nSPS) is 10.7. The third-order valence-corrected chi connectivity index (χ3v) is 3.73. The second-order valence-corrected chi connectivity index (χ2v) is 4.67. The van der Waals surface area contributed by atoms with Crippen LogP contribution in [0.4, 0.5) is 0 Å². The highest BCUT2D eigenvalue weighted by Crippen LogP contribution is 2.30. The van der Waals surface area contributed by atoms with Gasteiger partial charge < -0.3 is 0 Å². The fourth-order valence-corrected chi connectivity index (χ4v) is 2.65. The van der Waals surface area contributed by atoms with Gasteiger partial charge in [0.05, 0.1) is 5.02 Å². The fraction of sp³-hybridized carbons (Fsp3) is 0.182. The highest BCUT2D eigenvalue weighted by atomic mass is 35.5. The van der Waals surface area contributed by atoms with E-state index in [0.717, 1.165) is 22.8 Å². The summed E-state index contributed by atoms with van der Waals surface area (Å²) in [5, 5.41) is 1.66. The fourth-order valence-electron chi connectivity index (χ4n) is 1.39. The predicted molar refractivity (Wildman–Crippen MR) is 61.6 cm³/mol. The second-order valence-electron chi connectivity index (χ2n) is 3.10. The Bertz CT molecular complexity index is 487. The van der Waals surface area contributed by atoms with Crippen LogP contribution in [-0.4, -0.2) is 6.29 Å². The molecule has 0 spiro atoms. The van der Waals surface area contributed by atoms with Crippen molar-refractivity contribution in [2.24, 2.45) is 0 Å². The zero-order valence-electron chi connectivity index (χ0n) is 7.71. The van der Waals surface area contributed by atoms with E-state index in [9.17, 15) is 4.79 Å². The first-order valence-electron chi connectivity index (χ1n) is 4.41. The molecule has 0 unspecified atom stereocenters. The van der Waals surface area contributed by atoms with E-state index in [1.54, 1.807) is 11.3 Å². The molecule has 1 aromatic heterocycles. The molecule has 0 N–H and O–H groups in total. The van der Waals surface area contributed by atoms with Crippen LogP contribution in [0.1, 0.15) is 22.2 Å². The molecule has 0 bridgehead atoms. The maximum absolute atomic E-state index is 10.7. The Balaban J connectivity index is 2.69. The third kappa shape index (κ3) is 1.56. The zero-order valence-corrected chi connectivity index (χ0v) is 9.28. The monoisotopic (exact) mass is 224 g/mol. The highest BCUT2D eigenvalue weighted by molar-refractivity contribution is 7.19. The minimum Gasteiger partial charge on any atom is -0.298 e. The maximum Gasteiger partial charge on any atom is 0.151 e. The van der Waals surface area contributed by atoms with Crippen molar-refractivity contribution in [1.82, 2.24) is 0 Å². The van der Waals surface area contributed by atoms with E-state index in [1.807, 2.05) is 12.1 Å². The minimum atomic E-state index is 0.535. The zero-order chi connectivity index (χ0) is 10.1. The van der Waals surface area contributed by atoms with Crippen molar-refractivity contribution in [2.45, 2.75) is 13.3 Å². The molecule has 72 valence electrons. The maximum atomic E-state index is 10.7. The Hall–Kier alpha value is -0.860. The number of aldehydes is 1.